The Balaban J connectivity index is 2.13. The first-order valence-corrected chi connectivity index (χ1v) is 6.68. The van der Waals surface area contributed by atoms with Crippen molar-refractivity contribution in [3.63, 3.8) is 0 Å². The molecule has 19 heavy (non-hydrogen) atoms. The Morgan fingerprint density at radius 2 is 1.79 bits per heavy atom. The Bertz CT molecular complexity index is 517. The molecule has 1 unspecified atom stereocenters. The highest BCUT2D eigenvalue weighted by Gasteiger charge is 2.01. The lowest BCUT2D eigenvalue weighted by molar-refractivity contribution is 0.415. The molecular weight excluding hydrogens is 234 g/mol. The van der Waals surface area contributed by atoms with Gasteiger partial charge in [0.05, 0.1) is 7.11 Å². The SMILES string of the molecule is COc1cccc(-c2ccc(CCC(C)N)cc2)c1. The molecule has 0 saturated carbocycles. The minimum atomic E-state index is 0.262. The van der Waals surface area contributed by atoms with Crippen molar-refractivity contribution in [3.8, 4) is 16.9 Å². The van der Waals surface area contributed by atoms with Crippen LogP contribution in [0.3, 0.4) is 0 Å². The van der Waals surface area contributed by atoms with Gasteiger partial charge in [-0.15, -0.1) is 0 Å². The van der Waals surface area contributed by atoms with Crippen molar-refractivity contribution in [2.75, 3.05) is 7.11 Å². The number of hydrogen-bond acceptors (Lipinski definition) is 2. The van der Waals surface area contributed by atoms with Crippen molar-refractivity contribution in [2.45, 2.75) is 25.8 Å². The number of aryl methyl sites for hydroxylation is 1. The summed E-state index contributed by atoms with van der Waals surface area (Å²) in [5.41, 5.74) is 9.51. The molecule has 0 radical (unpaired) electrons. The Morgan fingerprint density at radius 3 is 2.42 bits per heavy atom. The monoisotopic (exact) mass is 255 g/mol. The summed E-state index contributed by atoms with van der Waals surface area (Å²) in [7, 11) is 1.69. The first-order chi connectivity index (χ1) is 9.19. The van der Waals surface area contributed by atoms with Crippen LogP contribution < -0.4 is 10.5 Å². The van der Waals surface area contributed by atoms with Gasteiger partial charge in [-0.3, -0.25) is 0 Å². The molecule has 0 aliphatic carbocycles. The molecule has 2 nitrogen and oxygen atoms in total. The fraction of sp³-hybridized carbons (Fsp3) is 0.294. The van der Waals surface area contributed by atoms with Gasteiger partial charge in [0, 0.05) is 6.04 Å². The zero-order valence-electron chi connectivity index (χ0n) is 11.6. The van der Waals surface area contributed by atoms with Crippen LogP contribution >= 0.6 is 0 Å². The van der Waals surface area contributed by atoms with E-state index in [4.69, 9.17) is 10.5 Å². The molecule has 0 aliphatic rings. The van der Waals surface area contributed by atoms with E-state index in [2.05, 4.69) is 36.4 Å². The predicted octanol–water partition coefficient (Wildman–Crippen LogP) is 3.64. The summed E-state index contributed by atoms with van der Waals surface area (Å²) in [6.07, 6.45) is 2.06. The number of nitrogens with two attached hydrogens (primary N) is 1. The Hall–Kier alpha value is -1.80. The smallest absolute Gasteiger partial charge is 0.119 e. The van der Waals surface area contributed by atoms with Gasteiger partial charge in [-0.25, -0.2) is 0 Å². The minimum absolute atomic E-state index is 0.262. The number of benzene rings is 2. The van der Waals surface area contributed by atoms with Gasteiger partial charge in [0.25, 0.3) is 0 Å². The summed E-state index contributed by atoms with van der Waals surface area (Å²) in [5, 5.41) is 0. The predicted molar refractivity (Wildman–Crippen MR) is 80.4 cm³/mol. The summed E-state index contributed by atoms with van der Waals surface area (Å²) < 4.78 is 5.25. The van der Waals surface area contributed by atoms with Crippen LogP contribution in [0.4, 0.5) is 0 Å². The van der Waals surface area contributed by atoms with Crippen molar-refractivity contribution in [2.24, 2.45) is 5.73 Å². The van der Waals surface area contributed by atoms with Crippen LogP contribution in [-0.4, -0.2) is 13.2 Å². The molecule has 0 aliphatic heterocycles. The van der Waals surface area contributed by atoms with Gasteiger partial charge in [0.15, 0.2) is 0 Å². The van der Waals surface area contributed by atoms with Crippen LogP contribution in [0.5, 0.6) is 5.75 Å². The van der Waals surface area contributed by atoms with Gasteiger partial charge in [0.1, 0.15) is 5.75 Å². The second-order valence-electron chi connectivity index (χ2n) is 4.94. The second kappa shape index (κ2) is 6.39. The molecule has 0 heterocycles. The second-order valence-corrected chi connectivity index (χ2v) is 4.94. The van der Waals surface area contributed by atoms with Crippen molar-refractivity contribution in [3.05, 3.63) is 54.1 Å². The first-order valence-electron chi connectivity index (χ1n) is 6.68. The maximum absolute atomic E-state index is 5.78. The third kappa shape index (κ3) is 3.83. The standard InChI is InChI=1S/C17H21NO/c1-13(18)6-7-14-8-10-15(11-9-14)16-4-3-5-17(12-16)19-2/h3-5,8-13H,6-7,18H2,1-2H3. The molecule has 0 saturated heterocycles. The number of hydrogen-bond donors (Lipinski definition) is 1. The van der Waals surface area contributed by atoms with Crippen LogP contribution in [0.1, 0.15) is 18.9 Å². The fourth-order valence-corrected chi connectivity index (χ4v) is 2.06. The van der Waals surface area contributed by atoms with Gasteiger partial charge < -0.3 is 10.5 Å². The molecule has 2 N–H and O–H groups in total. The van der Waals surface area contributed by atoms with E-state index in [0.29, 0.717) is 0 Å². The van der Waals surface area contributed by atoms with Gasteiger partial charge >= 0.3 is 0 Å². The van der Waals surface area contributed by atoms with Gasteiger partial charge in [-0.05, 0) is 48.6 Å². The first kappa shape index (κ1) is 13.6. The molecule has 2 rings (SSSR count). The normalized spacial score (nSPS) is 12.2. The van der Waals surface area contributed by atoms with Gasteiger partial charge in [-0.1, -0.05) is 36.4 Å². The van der Waals surface area contributed by atoms with Gasteiger partial charge in [0.2, 0.25) is 0 Å². The lowest BCUT2D eigenvalue weighted by Gasteiger charge is -2.07. The summed E-state index contributed by atoms with van der Waals surface area (Å²) in [4.78, 5) is 0. The maximum atomic E-state index is 5.78. The van der Waals surface area contributed by atoms with Crippen molar-refractivity contribution < 1.29 is 4.74 Å². The molecule has 2 heteroatoms. The highest BCUT2D eigenvalue weighted by molar-refractivity contribution is 5.65. The largest absolute Gasteiger partial charge is 0.497 e. The van der Waals surface area contributed by atoms with Crippen molar-refractivity contribution >= 4 is 0 Å². The van der Waals surface area contributed by atoms with Crippen LogP contribution in [-0.2, 0) is 6.42 Å². The third-order valence-corrected chi connectivity index (χ3v) is 3.25. The molecule has 0 aromatic heterocycles. The molecule has 2 aromatic rings. The molecule has 0 bridgehead atoms. The molecule has 0 spiro atoms. The van der Waals surface area contributed by atoms with Gasteiger partial charge in [-0.2, -0.15) is 0 Å². The molecular formula is C17H21NO. The summed E-state index contributed by atoms with van der Waals surface area (Å²) >= 11 is 0. The van der Waals surface area contributed by atoms with E-state index < -0.39 is 0 Å². The van der Waals surface area contributed by atoms with E-state index in [-0.39, 0.29) is 6.04 Å². The quantitative estimate of drug-likeness (QED) is 0.885. The summed E-state index contributed by atoms with van der Waals surface area (Å²) in [5.74, 6) is 0.888. The lowest BCUT2D eigenvalue weighted by Crippen LogP contribution is -2.15. The Labute approximate surface area is 115 Å². The maximum Gasteiger partial charge on any atom is 0.119 e. The average Bonchev–Trinajstić information content (AvgIpc) is 2.45. The Kier molecular flexibility index (Phi) is 4.58. The molecule has 0 amide bonds. The molecule has 2 aromatic carbocycles. The number of ether oxygens (including phenoxy) is 1. The fourth-order valence-electron chi connectivity index (χ4n) is 2.06. The topological polar surface area (TPSA) is 35.2 Å². The van der Waals surface area contributed by atoms with E-state index in [9.17, 15) is 0 Å². The zero-order chi connectivity index (χ0) is 13.7. The molecule has 100 valence electrons. The Morgan fingerprint density at radius 1 is 1.05 bits per heavy atom. The summed E-state index contributed by atoms with van der Waals surface area (Å²) in [6, 6.07) is 17.1. The third-order valence-electron chi connectivity index (χ3n) is 3.25. The average molecular weight is 255 g/mol. The minimum Gasteiger partial charge on any atom is -0.497 e. The van der Waals surface area contributed by atoms with Crippen LogP contribution in [0.15, 0.2) is 48.5 Å². The van der Waals surface area contributed by atoms with E-state index in [1.54, 1.807) is 7.11 Å². The highest BCUT2D eigenvalue weighted by atomic mass is 16.5. The van der Waals surface area contributed by atoms with Crippen LogP contribution in [0.2, 0.25) is 0 Å². The molecule has 0 fully saturated rings. The number of rotatable bonds is 5. The lowest BCUT2D eigenvalue weighted by atomic mass is 10.0. The van der Waals surface area contributed by atoms with Crippen LogP contribution in [0.25, 0.3) is 11.1 Å². The van der Waals surface area contributed by atoms with E-state index in [1.165, 1.54) is 16.7 Å². The summed E-state index contributed by atoms with van der Waals surface area (Å²) in [6.45, 7) is 2.05. The van der Waals surface area contributed by atoms with E-state index >= 15 is 0 Å². The number of methoxy groups -OCH3 is 1. The van der Waals surface area contributed by atoms with E-state index in [1.807, 2.05) is 19.1 Å². The van der Waals surface area contributed by atoms with E-state index in [0.717, 1.165) is 18.6 Å². The van der Waals surface area contributed by atoms with Crippen molar-refractivity contribution in [1.29, 1.82) is 0 Å². The highest BCUT2D eigenvalue weighted by Crippen LogP contribution is 2.24. The molecule has 1 atom stereocenters. The van der Waals surface area contributed by atoms with Crippen LogP contribution in [0, 0.1) is 0 Å². The zero-order valence-corrected chi connectivity index (χ0v) is 11.6. The van der Waals surface area contributed by atoms with Crippen molar-refractivity contribution in [1.82, 2.24) is 0 Å².